The van der Waals surface area contributed by atoms with Crippen molar-refractivity contribution in [1.29, 1.82) is 0 Å². The van der Waals surface area contributed by atoms with Crippen LogP contribution in [0.4, 0.5) is 12.9 Å². The van der Waals surface area contributed by atoms with Crippen molar-refractivity contribution in [2.75, 3.05) is 7.11 Å². The Morgan fingerprint density at radius 2 is 1.92 bits per heavy atom. The van der Waals surface area contributed by atoms with Gasteiger partial charge in [0.05, 0.1) is 7.11 Å². The zero-order valence-corrected chi connectivity index (χ0v) is 11.1. The van der Waals surface area contributed by atoms with E-state index in [9.17, 15) is 17.7 Å². The molecule has 0 fully saturated rings. The first kappa shape index (κ1) is 16.4. The summed E-state index contributed by atoms with van der Waals surface area (Å²) in [5, 5.41) is 0. The minimum Gasteiger partial charge on any atom is -0.469 e. The summed E-state index contributed by atoms with van der Waals surface area (Å²) in [5.74, 6) is -2.32. The second kappa shape index (κ2) is 7.28. The average molecular weight is 222 g/mol. The number of methoxy groups -OCH3 is 1. The van der Waals surface area contributed by atoms with Gasteiger partial charge in [-0.2, -0.15) is 0 Å². The molecule has 0 aromatic rings. The Morgan fingerprint density at radius 3 is 2.15 bits per heavy atom. The minimum absolute atomic E-state index is 0. The molecule has 0 bridgehead atoms. The van der Waals surface area contributed by atoms with E-state index in [0.717, 1.165) is 7.11 Å². The van der Waals surface area contributed by atoms with Crippen LogP contribution in [0.2, 0.25) is 5.82 Å². The first-order chi connectivity index (χ1) is 5.41. The molecule has 0 aromatic heterocycles. The second-order valence-electron chi connectivity index (χ2n) is 2.57. The van der Waals surface area contributed by atoms with Gasteiger partial charge in [-0.3, -0.25) is 4.79 Å². The van der Waals surface area contributed by atoms with Gasteiger partial charge >= 0.3 is 64.3 Å². The largest absolute Gasteiger partial charge is 1.00 e. The van der Waals surface area contributed by atoms with Crippen LogP contribution in [0, 0.1) is 0 Å². The topological polar surface area (TPSA) is 26.3 Å². The molecule has 0 saturated carbocycles. The molecule has 13 heavy (non-hydrogen) atoms. The molecule has 72 valence electrons. The van der Waals surface area contributed by atoms with Crippen molar-refractivity contribution >= 4 is 12.9 Å². The fourth-order valence-corrected chi connectivity index (χ4v) is 0.843. The first-order valence-electron chi connectivity index (χ1n) is 3.68. The maximum atomic E-state index is 12.1. The van der Waals surface area contributed by atoms with Gasteiger partial charge < -0.3 is 17.7 Å². The fraction of sp³-hybridized carbons (Fsp3) is 0.833. The minimum atomic E-state index is -4.92. The summed E-state index contributed by atoms with van der Waals surface area (Å²) in [6, 6.07) is 0. The van der Waals surface area contributed by atoms with E-state index in [4.69, 9.17) is 0 Å². The van der Waals surface area contributed by atoms with Gasteiger partial charge in [-0.05, 0) is 0 Å². The zero-order chi connectivity index (χ0) is 9.78. The van der Waals surface area contributed by atoms with Gasteiger partial charge in [0.15, 0.2) is 0 Å². The third kappa shape index (κ3) is 6.96. The summed E-state index contributed by atoms with van der Waals surface area (Å²) >= 11 is 0. The van der Waals surface area contributed by atoms with Crippen LogP contribution in [0.15, 0.2) is 0 Å². The van der Waals surface area contributed by atoms with Gasteiger partial charge in [0.1, 0.15) is 0 Å². The predicted octanol–water partition coefficient (Wildman–Crippen LogP) is -0.819. The molecule has 0 amide bonds. The zero-order valence-electron chi connectivity index (χ0n) is 8.02. The van der Waals surface area contributed by atoms with Crippen molar-refractivity contribution in [3.05, 3.63) is 0 Å². The van der Waals surface area contributed by atoms with Crippen molar-refractivity contribution in [2.45, 2.75) is 25.6 Å². The van der Waals surface area contributed by atoms with E-state index in [1.54, 1.807) is 0 Å². The molecule has 0 aromatic carbocycles. The Hall–Kier alpha value is 0.961. The van der Waals surface area contributed by atoms with Crippen molar-refractivity contribution in [2.24, 2.45) is 0 Å². The summed E-state index contributed by atoms with van der Waals surface area (Å²) in [4.78, 5) is 10.5. The molecule has 0 saturated heterocycles. The number of esters is 1. The van der Waals surface area contributed by atoms with Crippen LogP contribution >= 0.6 is 0 Å². The SMILES string of the molecule is CCC(CC(=O)OC)[B-](F)(F)F.[K+]. The van der Waals surface area contributed by atoms with E-state index < -0.39 is 25.2 Å². The van der Waals surface area contributed by atoms with E-state index in [2.05, 4.69) is 4.74 Å². The number of hydrogen-bond acceptors (Lipinski definition) is 2. The fourth-order valence-electron chi connectivity index (χ4n) is 0.843. The maximum absolute atomic E-state index is 12.1. The number of halogens is 3. The summed E-state index contributed by atoms with van der Waals surface area (Å²) in [6.07, 6.45) is -0.630. The molecule has 0 N–H and O–H groups in total. The summed E-state index contributed by atoms with van der Waals surface area (Å²) in [6.45, 7) is -3.51. The van der Waals surface area contributed by atoms with Crippen LogP contribution in [0.3, 0.4) is 0 Å². The molecule has 0 aliphatic carbocycles. The Kier molecular flexibility index (Phi) is 9.18. The predicted molar refractivity (Wildman–Crippen MR) is 39.8 cm³/mol. The molecule has 2 nitrogen and oxygen atoms in total. The van der Waals surface area contributed by atoms with Gasteiger partial charge in [-0.25, -0.2) is 0 Å². The molecule has 1 atom stereocenters. The van der Waals surface area contributed by atoms with Crippen molar-refractivity contribution < 1.29 is 73.9 Å². The summed E-state index contributed by atoms with van der Waals surface area (Å²) in [5.41, 5.74) is 0. The molecule has 0 aliphatic heterocycles. The molecule has 0 radical (unpaired) electrons. The average Bonchev–Trinajstić information content (AvgIpc) is 1.97. The van der Waals surface area contributed by atoms with E-state index in [-0.39, 0.29) is 57.8 Å². The Bertz CT molecular complexity index is 162. The monoisotopic (exact) mass is 222 g/mol. The van der Waals surface area contributed by atoms with Gasteiger partial charge in [-0.15, -0.1) is 0 Å². The molecule has 1 unspecified atom stereocenters. The van der Waals surface area contributed by atoms with Crippen LogP contribution in [0.5, 0.6) is 0 Å². The smallest absolute Gasteiger partial charge is 0.469 e. The van der Waals surface area contributed by atoms with Gasteiger partial charge in [-0.1, -0.05) is 19.2 Å². The third-order valence-electron chi connectivity index (χ3n) is 1.72. The van der Waals surface area contributed by atoms with Gasteiger partial charge in [0, 0.05) is 6.42 Å². The molecule has 7 heteroatoms. The quantitative estimate of drug-likeness (QED) is 0.459. The van der Waals surface area contributed by atoms with E-state index in [0.29, 0.717) is 0 Å². The Balaban J connectivity index is 0. The summed E-state index contributed by atoms with van der Waals surface area (Å²) < 4.78 is 40.4. The molecular weight excluding hydrogens is 211 g/mol. The number of ether oxygens (including phenoxy) is 1. The molecule has 0 rings (SSSR count). The van der Waals surface area contributed by atoms with Gasteiger partial charge in [0.2, 0.25) is 0 Å². The van der Waals surface area contributed by atoms with Gasteiger partial charge in [0.25, 0.3) is 0 Å². The number of carbonyl (C=O) groups excluding carboxylic acids is 1. The first-order valence-corrected chi connectivity index (χ1v) is 3.68. The van der Waals surface area contributed by atoms with Crippen LogP contribution in [0.25, 0.3) is 0 Å². The van der Waals surface area contributed by atoms with Crippen LogP contribution in [-0.2, 0) is 9.53 Å². The van der Waals surface area contributed by atoms with Crippen molar-refractivity contribution in [3.63, 3.8) is 0 Å². The third-order valence-corrected chi connectivity index (χ3v) is 1.72. The molecule has 0 spiro atoms. The maximum Gasteiger partial charge on any atom is 1.00 e. The standard InChI is InChI=1S/C6H11BF3O2.K/c1-3-5(7(8,9)10)4-6(11)12-2;/h5H,3-4H2,1-2H3;/q-1;+1. The summed E-state index contributed by atoms with van der Waals surface area (Å²) in [7, 11) is 1.08. The molecule has 0 aliphatic rings. The van der Waals surface area contributed by atoms with Crippen LogP contribution in [-0.4, -0.2) is 20.1 Å². The number of hydrogen-bond donors (Lipinski definition) is 0. The van der Waals surface area contributed by atoms with Crippen LogP contribution < -0.4 is 51.4 Å². The van der Waals surface area contributed by atoms with E-state index in [1.807, 2.05) is 0 Å². The molecular formula is C6H11BF3KO2. The number of carbonyl (C=O) groups is 1. The normalized spacial score (nSPS) is 13.0. The molecule has 0 heterocycles. The van der Waals surface area contributed by atoms with E-state index >= 15 is 0 Å². The van der Waals surface area contributed by atoms with Crippen molar-refractivity contribution in [1.82, 2.24) is 0 Å². The Labute approximate surface area is 118 Å². The van der Waals surface area contributed by atoms with E-state index in [1.165, 1.54) is 6.92 Å². The van der Waals surface area contributed by atoms with Crippen molar-refractivity contribution in [3.8, 4) is 0 Å². The van der Waals surface area contributed by atoms with Crippen LogP contribution in [0.1, 0.15) is 19.8 Å². The Morgan fingerprint density at radius 1 is 1.46 bits per heavy atom. The number of rotatable bonds is 4. The second-order valence-corrected chi connectivity index (χ2v) is 2.57.